The Morgan fingerprint density at radius 3 is 2.38 bits per heavy atom. The second-order valence-electron chi connectivity index (χ2n) is 4.75. The third-order valence-electron chi connectivity index (χ3n) is 3.21. The molecule has 0 radical (unpaired) electrons. The van der Waals surface area contributed by atoms with Crippen LogP contribution >= 0.6 is 12.4 Å². The summed E-state index contributed by atoms with van der Waals surface area (Å²) in [5, 5.41) is 2.70. The zero-order valence-corrected chi connectivity index (χ0v) is 12.7. The van der Waals surface area contributed by atoms with Gasteiger partial charge in [-0.05, 0) is 31.2 Å². The SMILES string of the molecule is CC(NC(=O)c1ccc(N)cc1)C(=O)N1CCOCC1.Cl. The van der Waals surface area contributed by atoms with Gasteiger partial charge in [-0.15, -0.1) is 12.4 Å². The van der Waals surface area contributed by atoms with E-state index in [4.69, 9.17) is 10.5 Å². The minimum Gasteiger partial charge on any atom is -0.399 e. The highest BCUT2D eigenvalue weighted by Crippen LogP contribution is 2.06. The molecule has 1 saturated heterocycles. The average molecular weight is 314 g/mol. The second kappa shape index (κ2) is 7.85. The lowest BCUT2D eigenvalue weighted by molar-refractivity contribution is -0.136. The number of nitrogen functional groups attached to an aromatic ring is 1. The molecule has 116 valence electrons. The van der Waals surface area contributed by atoms with E-state index in [1.807, 2.05) is 0 Å². The van der Waals surface area contributed by atoms with Gasteiger partial charge in [-0.1, -0.05) is 0 Å². The van der Waals surface area contributed by atoms with Gasteiger partial charge in [0.05, 0.1) is 13.2 Å². The van der Waals surface area contributed by atoms with Crippen LogP contribution < -0.4 is 11.1 Å². The maximum atomic E-state index is 12.2. The average Bonchev–Trinajstić information content (AvgIpc) is 2.48. The number of hydrogen-bond acceptors (Lipinski definition) is 4. The highest BCUT2D eigenvalue weighted by atomic mass is 35.5. The number of halogens is 1. The molecule has 1 aromatic carbocycles. The molecule has 0 aromatic heterocycles. The fourth-order valence-corrected chi connectivity index (χ4v) is 2.03. The molecule has 7 heteroatoms. The number of carbonyl (C=O) groups is 2. The van der Waals surface area contributed by atoms with Gasteiger partial charge < -0.3 is 20.7 Å². The van der Waals surface area contributed by atoms with E-state index in [0.29, 0.717) is 37.6 Å². The van der Waals surface area contributed by atoms with Gasteiger partial charge in [0.2, 0.25) is 5.91 Å². The van der Waals surface area contributed by atoms with Crippen molar-refractivity contribution in [3.63, 3.8) is 0 Å². The molecule has 1 fully saturated rings. The lowest BCUT2D eigenvalue weighted by atomic mass is 10.1. The number of carbonyl (C=O) groups excluding carboxylic acids is 2. The van der Waals surface area contributed by atoms with Crippen LogP contribution in [0.5, 0.6) is 0 Å². The van der Waals surface area contributed by atoms with Crippen molar-refractivity contribution in [1.29, 1.82) is 0 Å². The van der Waals surface area contributed by atoms with E-state index in [1.165, 1.54) is 0 Å². The number of ether oxygens (including phenoxy) is 1. The number of rotatable bonds is 3. The molecule has 1 heterocycles. The molecule has 21 heavy (non-hydrogen) atoms. The van der Waals surface area contributed by atoms with E-state index < -0.39 is 6.04 Å². The summed E-state index contributed by atoms with van der Waals surface area (Å²) in [5.74, 6) is -0.365. The van der Waals surface area contributed by atoms with Crippen molar-refractivity contribution in [2.24, 2.45) is 0 Å². The Kier molecular flexibility index (Phi) is 6.45. The van der Waals surface area contributed by atoms with Crippen molar-refractivity contribution in [3.8, 4) is 0 Å². The summed E-state index contributed by atoms with van der Waals surface area (Å²) in [6.07, 6.45) is 0. The van der Waals surface area contributed by atoms with Crippen molar-refractivity contribution in [1.82, 2.24) is 10.2 Å². The molecule has 0 spiro atoms. The minimum absolute atomic E-state index is 0. The number of benzene rings is 1. The molecule has 1 atom stereocenters. The summed E-state index contributed by atoms with van der Waals surface area (Å²) in [6.45, 7) is 3.92. The number of anilines is 1. The first kappa shape index (κ1) is 17.3. The molecule has 3 N–H and O–H groups in total. The molecule has 1 unspecified atom stereocenters. The van der Waals surface area contributed by atoms with E-state index in [2.05, 4.69) is 5.32 Å². The zero-order valence-electron chi connectivity index (χ0n) is 11.9. The van der Waals surface area contributed by atoms with Crippen LogP contribution in [0.2, 0.25) is 0 Å². The largest absolute Gasteiger partial charge is 0.399 e. The van der Waals surface area contributed by atoms with Gasteiger partial charge in [0, 0.05) is 24.3 Å². The topological polar surface area (TPSA) is 84.7 Å². The molecule has 0 saturated carbocycles. The normalized spacial score (nSPS) is 15.8. The van der Waals surface area contributed by atoms with Crippen molar-refractivity contribution >= 4 is 29.9 Å². The third-order valence-corrected chi connectivity index (χ3v) is 3.21. The summed E-state index contributed by atoms with van der Waals surface area (Å²) in [5.41, 5.74) is 6.65. The van der Waals surface area contributed by atoms with Gasteiger partial charge in [0.15, 0.2) is 0 Å². The number of nitrogens with one attached hydrogen (secondary N) is 1. The Morgan fingerprint density at radius 1 is 1.24 bits per heavy atom. The Hall–Kier alpha value is -1.79. The Labute approximate surface area is 130 Å². The van der Waals surface area contributed by atoms with Crippen LogP contribution in [0.3, 0.4) is 0 Å². The molecule has 6 nitrogen and oxygen atoms in total. The molecule has 1 aliphatic rings. The van der Waals surface area contributed by atoms with E-state index >= 15 is 0 Å². The van der Waals surface area contributed by atoms with Crippen molar-refractivity contribution < 1.29 is 14.3 Å². The summed E-state index contributed by atoms with van der Waals surface area (Å²) in [6, 6.07) is 6.03. The van der Waals surface area contributed by atoms with Crippen LogP contribution in [-0.4, -0.2) is 49.1 Å². The first-order valence-corrected chi connectivity index (χ1v) is 6.61. The Balaban J connectivity index is 0.00000220. The molecule has 1 aliphatic heterocycles. The number of nitrogens with two attached hydrogens (primary N) is 1. The third kappa shape index (κ3) is 4.61. The predicted molar refractivity (Wildman–Crippen MR) is 82.4 cm³/mol. The maximum Gasteiger partial charge on any atom is 0.251 e. The second-order valence-corrected chi connectivity index (χ2v) is 4.75. The number of nitrogens with zero attached hydrogens (tertiary/aromatic N) is 1. The first-order valence-electron chi connectivity index (χ1n) is 6.61. The van der Waals surface area contributed by atoms with E-state index in [9.17, 15) is 9.59 Å². The highest BCUT2D eigenvalue weighted by molar-refractivity contribution is 5.97. The van der Waals surface area contributed by atoms with Crippen molar-refractivity contribution in [2.75, 3.05) is 32.0 Å². The van der Waals surface area contributed by atoms with Crippen LogP contribution in [-0.2, 0) is 9.53 Å². The van der Waals surface area contributed by atoms with Crippen molar-refractivity contribution in [2.45, 2.75) is 13.0 Å². The molecule has 2 amide bonds. The van der Waals surface area contributed by atoms with E-state index in [1.54, 1.807) is 36.1 Å². The molecule has 1 aromatic rings. The highest BCUT2D eigenvalue weighted by Gasteiger charge is 2.23. The maximum absolute atomic E-state index is 12.2. The summed E-state index contributed by atoms with van der Waals surface area (Å²) >= 11 is 0. The number of amides is 2. The molecule has 0 bridgehead atoms. The predicted octanol–water partition coefficient (Wildman–Crippen LogP) is 0.668. The number of hydrogen-bond donors (Lipinski definition) is 2. The minimum atomic E-state index is -0.557. The lowest BCUT2D eigenvalue weighted by Crippen LogP contribution is -2.50. The molecular weight excluding hydrogens is 294 g/mol. The smallest absolute Gasteiger partial charge is 0.251 e. The van der Waals surface area contributed by atoms with Crippen LogP contribution in [0.4, 0.5) is 5.69 Å². The van der Waals surface area contributed by atoms with Gasteiger partial charge >= 0.3 is 0 Å². The monoisotopic (exact) mass is 313 g/mol. The first-order chi connectivity index (χ1) is 9.58. The van der Waals surface area contributed by atoms with E-state index in [0.717, 1.165) is 0 Å². The number of morpholine rings is 1. The Bertz CT molecular complexity index is 487. The summed E-state index contributed by atoms with van der Waals surface area (Å²) in [7, 11) is 0. The van der Waals surface area contributed by atoms with Gasteiger partial charge in [0.25, 0.3) is 5.91 Å². The fraction of sp³-hybridized carbons (Fsp3) is 0.429. The van der Waals surface area contributed by atoms with Crippen molar-refractivity contribution in [3.05, 3.63) is 29.8 Å². The Morgan fingerprint density at radius 2 is 1.81 bits per heavy atom. The van der Waals surface area contributed by atoms with Crippen LogP contribution in [0.15, 0.2) is 24.3 Å². The fourth-order valence-electron chi connectivity index (χ4n) is 2.03. The quantitative estimate of drug-likeness (QED) is 0.803. The summed E-state index contributed by atoms with van der Waals surface area (Å²) < 4.78 is 5.20. The van der Waals surface area contributed by atoms with Gasteiger partial charge in [-0.3, -0.25) is 9.59 Å². The zero-order chi connectivity index (χ0) is 14.5. The van der Waals surface area contributed by atoms with E-state index in [-0.39, 0.29) is 24.2 Å². The molecular formula is C14H20ClN3O3. The standard InChI is InChI=1S/C14H19N3O3.ClH/c1-10(14(19)17-6-8-20-9-7-17)16-13(18)11-2-4-12(15)5-3-11;/h2-5,10H,6-9,15H2,1H3,(H,16,18);1H. The lowest BCUT2D eigenvalue weighted by Gasteiger charge is -2.29. The molecule has 0 aliphatic carbocycles. The van der Waals surface area contributed by atoms with Gasteiger partial charge in [-0.2, -0.15) is 0 Å². The molecule has 2 rings (SSSR count). The van der Waals surface area contributed by atoms with Crippen LogP contribution in [0, 0.1) is 0 Å². The van der Waals surface area contributed by atoms with Gasteiger partial charge in [-0.25, -0.2) is 0 Å². The van der Waals surface area contributed by atoms with Gasteiger partial charge in [0.1, 0.15) is 6.04 Å². The van der Waals surface area contributed by atoms with Crippen LogP contribution in [0.25, 0.3) is 0 Å². The van der Waals surface area contributed by atoms with Crippen LogP contribution in [0.1, 0.15) is 17.3 Å². The summed E-state index contributed by atoms with van der Waals surface area (Å²) in [4.78, 5) is 25.9.